The van der Waals surface area contributed by atoms with E-state index < -0.39 is 15.7 Å². The third-order valence-corrected chi connectivity index (χ3v) is 5.05. The van der Waals surface area contributed by atoms with Gasteiger partial charge in [0, 0.05) is 13.1 Å². The lowest BCUT2D eigenvalue weighted by atomic mass is 10.0. The van der Waals surface area contributed by atoms with Crippen LogP contribution >= 0.6 is 12.2 Å². The first-order valence-corrected chi connectivity index (χ1v) is 6.98. The van der Waals surface area contributed by atoms with Crippen LogP contribution in [0.4, 0.5) is 0 Å². The van der Waals surface area contributed by atoms with Gasteiger partial charge >= 0.3 is 0 Å². The summed E-state index contributed by atoms with van der Waals surface area (Å²) in [5.41, 5.74) is 4.67. The number of hydrogen-bond donors (Lipinski definition) is 2. The van der Waals surface area contributed by atoms with E-state index in [0.717, 1.165) is 0 Å². The van der Waals surface area contributed by atoms with Gasteiger partial charge in [0.15, 0.2) is 0 Å². The van der Waals surface area contributed by atoms with Crippen molar-refractivity contribution in [2.45, 2.75) is 45.7 Å². The summed E-state index contributed by atoms with van der Waals surface area (Å²) >= 11 is 4.88. The third kappa shape index (κ3) is 3.65. The van der Waals surface area contributed by atoms with Crippen molar-refractivity contribution in [3.8, 4) is 0 Å². The summed E-state index contributed by atoms with van der Waals surface area (Å²) in [5, 5.41) is 0. The molecular weight excluding hydrogens is 246 g/mol. The highest BCUT2D eigenvalue weighted by atomic mass is 32.2. The molecule has 0 aromatic rings. The van der Waals surface area contributed by atoms with E-state index in [1.165, 1.54) is 11.4 Å². The SMILES string of the molecule is CCC(C)(NS(=O)(=O)N(C)C(C)C)C(N)=S. The van der Waals surface area contributed by atoms with E-state index in [-0.39, 0.29) is 11.0 Å². The van der Waals surface area contributed by atoms with Crippen LogP contribution in [-0.4, -0.2) is 36.3 Å². The molecule has 1 unspecified atom stereocenters. The molecule has 0 aromatic carbocycles. The molecule has 0 fully saturated rings. The molecule has 0 heterocycles. The Morgan fingerprint density at radius 1 is 1.56 bits per heavy atom. The number of nitrogens with two attached hydrogens (primary N) is 1. The summed E-state index contributed by atoms with van der Waals surface area (Å²) in [4.78, 5) is 0.149. The molecule has 0 spiro atoms. The monoisotopic (exact) mass is 267 g/mol. The third-order valence-electron chi connectivity index (χ3n) is 2.71. The van der Waals surface area contributed by atoms with Crippen LogP contribution in [0.25, 0.3) is 0 Å². The van der Waals surface area contributed by atoms with E-state index in [1.807, 2.05) is 6.92 Å². The number of rotatable bonds is 6. The molecule has 0 aliphatic carbocycles. The minimum absolute atomic E-state index is 0.120. The Kier molecular flexibility index (Phi) is 5.31. The molecule has 5 nitrogen and oxygen atoms in total. The van der Waals surface area contributed by atoms with Crippen molar-refractivity contribution in [2.24, 2.45) is 5.73 Å². The van der Waals surface area contributed by atoms with Crippen molar-refractivity contribution in [1.82, 2.24) is 9.03 Å². The predicted molar refractivity (Wildman–Crippen MR) is 70.4 cm³/mol. The van der Waals surface area contributed by atoms with E-state index in [1.54, 1.807) is 20.8 Å². The van der Waals surface area contributed by atoms with Crippen molar-refractivity contribution < 1.29 is 8.42 Å². The van der Waals surface area contributed by atoms with E-state index >= 15 is 0 Å². The highest BCUT2D eigenvalue weighted by molar-refractivity contribution is 7.87. The second-order valence-corrected chi connectivity index (χ2v) is 6.44. The molecule has 0 saturated heterocycles. The Bertz CT molecular complexity index is 354. The van der Waals surface area contributed by atoms with E-state index in [9.17, 15) is 8.42 Å². The van der Waals surface area contributed by atoms with Crippen LogP contribution in [0.3, 0.4) is 0 Å². The average molecular weight is 267 g/mol. The Hall–Kier alpha value is -0.240. The van der Waals surface area contributed by atoms with Gasteiger partial charge in [0.05, 0.1) is 10.5 Å². The van der Waals surface area contributed by atoms with Gasteiger partial charge in [-0.3, -0.25) is 0 Å². The normalized spacial score (nSPS) is 16.4. The molecule has 0 amide bonds. The molecule has 0 radical (unpaired) electrons. The van der Waals surface area contributed by atoms with Crippen molar-refractivity contribution in [3.63, 3.8) is 0 Å². The summed E-state index contributed by atoms with van der Waals surface area (Å²) in [6.07, 6.45) is 0.507. The zero-order valence-corrected chi connectivity index (χ0v) is 12.1. The first kappa shape index (κ1) is 15.8. The Labute approximate surface area is 104 Å². The van der Waals surface area contributed by atoms with Crippen LogP contribution in [0.2, 0.25) is 0 Å². The molecule has 0 aliphatic rings. The number of nitrogens with zero attached hydrogens (tertiary/aromatic N) is 1. The zero-order chi connectivity index (χ0) is 13.1. The Morgan fingerprint density at radius 2 is 2.00 bits per heavy atom. The summed E-state index contributed by atoms with van der Waals surface area (Å²) < 4.78 is 27.7. The minimum Gasteiger partial charge on any atom is -0.392 e. The van der Waals surface area contributed by atoms with Crippen molar-refractivity contribution in [3.05, 3.63) is 0 Å². The number of hydrogen-bond acceptors (Lipinski definition) is 3. The summed E-state index contributed by atoms with van der Waals surface area (Å²) in [6.45, 7) is 7.10. The number of nitrogens with one attached hydrogen (secondary N) is 1. The smallest absolute Gasteiger partial charge is 0.280 e. The highest BCUT2D eigenvalue weighted by Gasteiger charge is 2.33. The fourth-order valence-electron chi connectivity index (χ4n) is 0.931. The molecule has 16 heavy (non-hydrogen) atoms. The van der Waals surface area contributed by atoms with Crippen molar-refractivity contribution >= 4 is 27.4 Å². The second-order valence-electron chi connectivity index (χ2n) is 4.27. The topological polar surface area (TPSA) is 75.4 Å². The molecular formula is C9H21N3O2S2. The average Bonchev–Trinajstić information content (AvgIpc) is 2.15. The van der Waals surface area contributed by atoms with Gasteiger partial charge in [-0.25, -0.2) is 0 Å². The summed E-state index contributed by atoms with van der Waals surface area (Å²) in [5.74, 6) is 0. The number of thiocarbonyl (C=S) groups is 1. The maximum atomic E-state index is 12.0. The Balaban J connectivity index is 5.04. The lowest BCUT2D eigenvalue weighted by Gasteiger charge is -2.31. The molecule has 0 bridgehead atoms. The molecule has 7 heteroatoms. The molecule has 3 N–H and O–H groups in total. The first-order chi connectivity index (χ1) is 7.07. The lowest BCUT2D eigenvalue weighted by molar-refractivity contribution is 0.388. The van der Waals surface area contributed by atoms with Crippen LogP contribution in [-0.2, 0) is 10.2 Å². The van der Waals surface area contributed by atoms with E-state index in [4.69, 9.17) is 18.0 Å². The standard InChI is InChI=1S/C9H21N3O2S2/c1-6-9(4,8(10)15)11-16(13,14)12(5)7(2)3/h7,11H,6H2,1-5H3,(H2,10,15). The molecule has 0 aromatic heterocycles. The summed E-state index contributed by atoms with van der Waals surface area (Å²) in [7, 11) is -2.04. The largest absolute Gasteiger partial charge is 0.392 e. The van der Waals surface area contributed by atoms with E-state index in [2.05, 4.69) is 4.72 Å². The van der Waals surface area contributed by atoms with Crippen LogP contribution in [0.1, 0.15) is 34.1 Å². The van der Waals surface area contributed by atoms with Crippen molar-refractivity contribution in [1.29, 1.82) is 0 Å². The van der Waals surface area contributed by atoms with Gasteiger partial charge in [-0.2, -0.15) is 17.4 Å². The van der Waals surface area contributed by atoms with Gasteiger partial charge in [0.25, 0.3) is 10.2 Å². The van der Waals surface area contributed by atoms with E-state index in [0.29, 0.717) is 6.42 Å². The zero-order valence-electron chi connectivity index (χ0n) is 10.4. The minimum atomic E-state index is -3.56. The first-order valence-electron chi connectivity index (χ1n) is 5.13. The van der Waals surface area contributed by atoms with Gasteiger partial charge in [-0.15, -0.1) is 0 Å². The fourth-order valence-corrected chi connectivity index (χ4v) is 2.71. The van der Waals surface area contributed by atoms with Gasteiger partial charge in [-0.05, 0) is 27.2 Å². The van der Waals surface area contributed by atoms with Gasteiger partial charge in [0.2, 0.25) is 0 Å². The van der Waals surface area contributed by atoms with Crippen LogP contribution < -0.4 is 10.5 Å². The molecule has 1 atom stereocenters. The molecule has 96 valence electrons. The van der Waals surface area contributed by atoms with Gasteiger partial charge in [-0.1, -0.05) is 19.1 Å². The van der Waals surface area contributed by atoms with Crippen LogP contribution in [0.5, 0.6) is 0 Å². The predicted octanol–water partition coefficient (Wildman–Crippen LogP) is 0.616. The lowest BCUT2D eigenvalue weighted by Crippen LogP contribution is -2.57. The highest BCUT2D eigenvalue weighted by Crippen LogP contribution is 2.13. The maximum absolute atomic E-state index is 12.0. The van der Waals surface area contributed by atoms with Crippen LogP contribution in [0.15, 0.2) is 0 Å². The van der Waals surface area contributed by atoms with Gasteiger partial charge in [0.1, 0.15) is 0 Å². The van der Waals surface area contributed by atoms with Gasteiger partial charge < -0.3 is 5.73 Å². The molecule has 0 aliphatic heterocycles. The molecule has 0 rings (SSSR count). The molecule has 0 saturated carbocycles. The van der Waals surface area contributed by atoms with Crippen molar-refractivity contribution in [2.75, 3.05) is 7.05 Å². The maximum Gasteiger partial charge on any atom is 0.280 e. The second kappa shape index (κ2) is 5.39. The quantitative estimate of drug-likeness (QED) is 0.692. The Morgan fingerprint density at radius 3 is 2.25 bits per heavy atom. The fraction of sp³-hybridized carbons (Fsp3) is 0.889. The van der Waals surface area contributed by atoms with Crippen LogP contribution in [0, 0.1) is 0 Å². The summed E-state index contributed by atoms with van der Waals surface area (Å²) in [6, 6.07) is -0.120.